The number of phenols is 1. The van der Waals surface area contributed by atoms with Crippen molar-refractivity contribution in [2.45, 2.75) is 69.9 Å². The Labute approximate surface area is 233 Å². The number of nitrogens with zero attached hydrogens (tertiary/aromatic N) is 3. The second kappa shape index (κ2) is 10.0. The SMILES string of the molecule is COC1=C(C)C(=O)C2=C(C1=O)[C@H](CNC(=O)C(C)N)N1C(C2)[C@@H]2c3c(cc(C)c(OC)c3O)C[C@H]([C@@H]1C#N)N2C. The minimum absolute atomic E-state index is 0.0256. The zero-order valence-electron chi connectivity index (χ0n) is 23.6. The van der Waals surface area contributed by atoms with Crippen molar-refractivity contribution in [1.29, 1.82) is 5.26 Å². The van der Waals surface area contributed by atoms with Crippen LogP contribution in [0.1, 0.15) is 43.0 Å². The lowest BCUT2D eigenvalue weighted by Gasteiger charge is -2.60. The van der Waals surface area contributed by atoms with Gasteiger partial charge in [0.15, 0.2) is 23.0 Å². The fourth-order valence-corrected chi connectivity index (χ4v) is 7.17. The summed E-state index contributed by atoms with van der Waals surface area (Å²) in [5.74, 6) is -0.749. The number of amides is 1. The van der Waals surface area contributed by atoms with E-state index in [1.165, 1.54) is 14.2 Å². The highest BCUT2D eigenvalue weighted by Gasteiger charge is 2.57. The standard InChI is InChI=1S/C29H35N5O6/c1-12-7-15-8-17-19(10-30)34-18(23(33(17)4)21(15)25(36)27(12)39-5)9-16-22(20(34)11-32-29(38)14(3)31)26(37)28(40-6)13(2)24(16)35/h7,14,17-20,23,36H,8-9,11,31H2,1-6H3,(H,32,38)/t14?,17-,18?,19+,20+,23-/m1/s1. The number of carbonyl (C=O) groups is 3. The second-order valence-corrected chi connectivity index (χ2v) is 11.1. The number of likely N-dealkylation sites (N-methyl/N-ethyl adjacent to an activating group) is 1. The summed E-state index contributed by atoms with van der Waals surface area (Å²) in [5.41, 5.74) is 9.01. The average molecular weight is 550 g/mol. The number of nitrogens with one attached hydrogen (secondary N) is 1. The lowest BCUT2D eigenvalue weighted by molar-refractivity contribution is -0.125. The number of aryl methyl sites for hydroxylation is 1. The molecular weight excluding hydrogens is 514 g/mol. The number of aromatic hydroxyl groups is 1. The molecule has 0 spiro atoms. The van der Waals surface area contributed by atoms with Crippen LogP contribution in [0.25, 0.3) is 0 Å². The summed E-state index contributed by atoms with van der Waals surface area (Å²) in [6.07, 6.45) is 0.670. The van der Waals surface area contributed by atoms with Crippen LogP contribution in [-0.4, -0.2) is 90.4 Å². The number of phenolic OH excluding ortho intramolecular Hbond substituents is 1. The number of allylic oxidation sites excluding steroid dienone is 2. The molecule has 3 heterocycles. The number of piperazine rings is 1. The summed E-state index contributed by atoms with van der Waals surface area (Å²) in [7, 11) is 4.78. The van der Waals surface area contributed by atoms with Gasteiger partial charge in [0, 0.05) is 40.9 Å². The molecule has 3 aliphatic heterocycles. The highest BCUT2D eigenvalue weighted by molar-refractivity contribution is 6.25. The molecule has 2 unspecified atom stereocenters. The fourth-order valence-electron chi connectivity index (χ4n) is 7.17. The Morgan fingerprint density at radius 2 is 1.93 bits per heavy atom. The minimum atomic E-state index is -0.787. The Kier molecular flexibility index (Phi) is 6.98. The molecule has 1 saturated heterocycles. The van der Waals surface area contributed by atoms with Crippen molar-refractivity contribution in [3.8, 4) is 17.6 Å². The number of benzene rings is 1. The van der Waals surface area contributed by atoms with Crippen molar-refractivity contribution >= 4 is 17.5 Å². The molecule has 1 aromatic carbocycles. The normalized spacial score (nSPS) is 28.8. The van der Waals surface area contributed by atoms with Gasteiger partial charge in [-0.2, -0.15) is 5.26 Å². The van der Waals surface area contributed by atoms with E-state index in [1.54, 1.807) is 13.8 Å². The topological polar surface area (TPSA) is 158 Å². The molecule has 11 heteroatoms. The van der Waals surface area contributed by atoms with Gasteiger partial charge in [-0.3, -0.25) is 24.2 Å². The van der Waals surface area contributed by atoms with Crippen LogP contribution in [0, 0.1) is 18.3 Å². The maximum Gasteiger partial charge on any atom is 0.236 e. The van der Waals surface area contributed by atoms with Crippen LogP contribution in [0.15, 0.2) is 28.5 Å². The number of methoxy groups -OCH3 is 2. The molecule has 1 aliphatic carbocycles. The molecule has 4 N–H and O–H groups in total. The van der Waals surface area contributed by atoms with Crippen LogP contribution in [0.4, 0.5) is 0 Å². The van der Waals surface area contributed by atoms with Crippen LogP contribution < -0.4 is 15.8 Å². The van der Waals surface area contributed by atoms with Gasteiger partial charge in [0.1, 0.15) is 6.04 Å². The van der Waals surface area contributed by atoms with Crippen molar-refractivity contribution in [3.05, 3.63) is 45.2 Å². The zero-order valence-corrected chi connectivity index (χ0v) is 23.6. The van der Waals surface area contributed by atoms with E-state index in [1.807, 2.05) is 24.9 Å². The first-order valence-electron chi connectivity index (χ1n) is 13.4. The van der Waals surface area contributed by atoms with Gasteiger partial charge >= 0.3 is 0 Å². The summed E-state index contributed by atoms with van der Waals surface area (Å²) < 4.78 is 10.9. The maximum absolute atomic E-state index is 13.8. The molecule has 5 rings (SSSR count). The molecule has 6 atom stereocenters. The lowest BCUT2D eigenvalue weighted by atomic mass is 9.69. The molecule has 1 fully saturated rings. The third-order valence-electron chi connectivity index (χ3n) is 8.95. The Hall–Kier alpha value is -3.72. The molecule has 0 aromatic heterocycles. The van der Waals surface area contributed by atoms with E-state index < -0.39 is 41.9 Å². The number of hydrogen-bond donors (Lipinski definition) is 3. The number of rotatable bonds is 5. The van der Waals surface area contributed by atoms with Crippen molar-refractivity contribution in [2.24, 2.45) is 5.73 Å². The van der Waals surface area contributed by atoms with Crippen LogP contribution >= 0.6 is 0 Å². The number of nitriles is 1. The first-order valence-corrected chi connectivity index (χ1v) is 13.4. The summed E-state index contributed by atoms with van der Waals surface area (Å²) >= 11 is 0. The van der Waals surface area contributed by atoms with E-state index in [9.17, 15) is 24.8 Å². The van der Waals surface area contributed by atoms with E-state index in [-0.39, 0.29) is 47.4 Å². The number of carbonyl (C=O) groups excluding carboxylic acids is 3. The molecule has 40 heavy (non-hydrogen) atoms. The van der Waals surface area contributed by atoms with Crippen LogP contribution in [0.5, 0.6) is 11.5 Å². The van der Waals surface area contributed by atoms with Crippen LogP contribution in [0.3, 0.4) is 0 Å². The van der Waals surface area contributed by atoms with Crippen molar-refractivity contribution in [1.82, 2.24) is 15.1 Å². The maximum atomic E-state index is 13.8. The van der Waals surface area contributed by atoms with Gasteiger partial charge in [0.05, 0.1) is 38.4 Å². The molecule has 11 nitrogen and oxygen atoms in total. The van der Waals surface area contributed by atoms with Gasteiger partial charge in [0.2, 0.25) is 11.7 Å². The van der Waals surface area contributed by atoms with E-state index in [4.69, 9.17) is 15.2 Å². The Morgan fingerprint density at radius 3 is 2.52 bits per heavy atom. The number of hydrogen-bond acceptors (Lipinski definition) is 10. The van der Waals surface area contributed by atoms with Crippen LogP contribution in [0.2, 0.25) is 0 Å². The summed E-state index contributed by atoms with van der Waals surface area (Å²) in [6, 6.07) is 1.07. The highest BCUT2D eigenvalue weighted by atomic mass is 16.5. The quantitative estimate of drug-likeness (QED) is 0.448. The third-order valence-corrected chi connectivity index (χ3v) is 8.95. The van der Waals surface area contributed by atoms with Gasteiger partial charge in [-0.05, 0) is 51.8 Å². The van der Waals surface area contributed by atoms with E-state index in [0.29, 0.717) is 23.3 Å². The monoisotopic (exact) mass is 549 g/mol. The van der Waals surface area contributed by atoms with Gasteiger partial charge in [0.25, 0.3) is 0 Å². The smallest absolute Gasteiger partial charge is 0.236 e. The first-order chi connectivity index (χ1) is 19.0. The second-order valence-electron chi connectivity index (χ2n) is 11.1. The largest absolute Gasteiger partial charge is 0.504 e. The summed E-state index contributed by atoms with van der Waals surface area (Å²) in [6.45, 7) is 4.97. The molecule has 0 saturated carbocycles. The predicted octanol–water partition coefficient (Wildman–Crippen LogP) is 0.788. The molecule has 1 amide bonds. The Balaban J connectivity index is 1.72. The van der Waals surface area contributed by atoms with Crippen LogP contribution in [-0.2, 0) is 25.5 Å². The molecule has 2 bridgehead atoms. The van der Waals surface area contributed by atoms with Gasteiger partial charge in [-0.15, -0.1) is 0 Å². The number of Topliss-reactive ketones (excluding diaryl/α,β-unsaturated/α-hetero) is 2. The summed E-state index contributed by atoms with van der Waals surface area (Å²) in [5, 5.41) is 24.8. The number of ketones is 2. The molecule has 4 aliphatic rings. The van der Waals surface area contributed by atoms with Gasteiger partial charge < -0.3 is 25.6 Å². The van der Waals surface area contributed by atoms with E-state index in [2.05, 4.69) is 16.3 Å². The minimum Gasteiger partial charge on any atom is -0.504 e. The van der Waals surface area contributed by atoms with Gasteiger partial charge in [-0.1, -0.05) is 6.07 Å². The highest BCUT2D eigenvalue weighted by Crippen LogP contribution is 2.53. The molecular formula is C29H35N5O6. The summed E-state index contributed by atoms with van der Waals surface area (Å²) in [4.78, 5) is 44.1. The third kappa shape index (κ3) is 3.85. The Morgan fingerprint density at radius 1 is 1.23 bits per heavy atom. The van der Waals surface area contributed by atoms with E-state index in [0.717, 1.165) is 11.1 Å². The molecule has 0 radical (unpaired) electrons. The number of fused-ring (bicyclic) bond motifs is 6. The predicted molar refractivity (Wildman–Crippen MR) is 144 cm³/mol. The van der Waals surface area contributed by atoms with Crippen molar-refractivity contribution in [2.75, 3.05) is 27.8 Å². The van der Waals surface area contributed by atoms with Gasteiger partial charge in [-0.25, -0.2) is 0 Å². The first kappa shape index (κ1) is 27.8. The van der Waals surface area contributed by atoms with Crippen molar-refractivity contribution in [3.63, 3.8) is 0 Å². The number of ether oxygens (including phenoxy) is 2. The number of nitrogens with two attached hydrogens (primary N) is 1. The zero-order chi connectivity index (χ0) is 29.2. The van der Waals surface area contributed by atoms with Crippen molar-refractivity contribution < 1.29 is 29.0 Å². The molecule has 212 valence electrons. The fraction of sp³-hybridized carbons (Fsp3) is 0.517. The van der Waals surface area contributed by atoms with E-state index >= 15 is 0 Å². The Bertz CT molecular complexity index is 1420. The molecule has 1 aromatic rings. The lowest BCUT2D eigenvalue weighted by Crippen LogP contribution is -2.71. The average Bonchev–Trinajstić information content (AvgIpc) is 2.91.